The van der Waals surface area contributed by atoms with Gasteiger partial charge in [-0.25, -0.2) is 16.8 Å². The van der Waals surface area contributed by atoms with E-state index in [-0.39, 0.29) is 58.7 Å². The Labute approximate surface area is 540 Å². The molecule has 0 heterocycles. The first kappa shape index (κ1) is 75.9. The van der Waals surface area contributed by atoms with E-state index >= 15 is 0 Å². The fourth-order valence-electron chi connectivity index (χ4n) is 12.0. The molecule has 0 radical (unpaired) electrons. The third-order valence-corrected chi connectivity index (χ3v) is 18.8. The van der Waals surface area contributed by atoms with Crippen LogP contribution < -0.4 is 0 Å². The van der Waals surface area contributed by atoms with E-state index in [0.717, 1.165) is 62.1 Å². The van der Waals surface area contributed by atoms with E-state index in [1.54, 1.807) is 0 Å². The van der Waals surface area contributed by atoms with Gasteiger partial charge in [-0.1, -0.05) is 333 Å². The Kier molecular flexibility index (Phi) is 45.8. The van der Waals surface area contributed by atoms with E-state index in [2.05, 4.69) is 39.8 Å². The minimum absolute atomic E-state index is 0. The van der Waals surface area contributed by atoms with Crippen LogP contribution in [0.25, 0.3) is 21.5 Å². The van der Waals surface area contributed by atoms with Crippen molar-refractivity contribution >= 4 is 90.7 Å². The average molecular weight is 1280 g/mol. The van der Waals surface area contributed by atoms with Crippen molar-refractivity contribution in [2.24, 2.45) is 0 Å². The monoisotopic (exact) mass is 1280 g/mol. The van der Waals surface area contributed by atoms with E-state index in [0.29, 0.717) is 10.8 Å². The molecule has 0 aliphatic carbocycles. The number of aryl methyl sites for hydroxylation is 4. The molecule has 4 aromatic carbocycles. The molecule has 4 aromatic rings. The normalized spacial score (nSPS) is 11.8. The van der Waals surface area contributed by atoms with Crippen LogP contribution in [-0.4, -0.2) is 74.8 Å². The summed E-state index contributed by atoms with van der Waals surface area (Å²) in [6, 6.07) is 19.0. The van der Waals surface area contributed by atoms with E-state index < -0.39 is 20.2 Å². The molecule has 0 unspecified atom stereocenters. The molecule has 0 saturated heterocycles. The molecule has 0 aromatic heterocycles. The summed E-state index contributed by atoms with van der Waals surface area (Å²) in [5, 5.41) is 3.12. The SMILES string of the molecule is CCCCCCCCCCCCCc1ccc2c(S(=O)(=O)[O-])ccc(CCCCCCCCCCCCC)c2c1.CCCCCCCCCCCCCc1ccc2c(S(=O)(=O)[O-])ccc(CCCCCCCCCCCCC)c2c1.[Ba+2]. The fraction of sp³-hybridized carbons (Fsp3) is 0.722. The standard InChI is InChI=1S/2C36H60O3S.Ba/c2*1-3-5-7-9-11-13-15-17-19-21-23-25-32-27-29-34-35(31-32)33(28-30-36(34)40(37,38)39)26-24-22-20-18-16-14-12-10-8-6-4-2;/h2*27-31H,3-26H2,1-2H3,(H,37,38,39);/q;;+2/p-2. The van der Waals surface area contributed by atoms with Gasteiger partial charge in [0.1, 0.15) is 20.2 Å². The van der Waals surface area contributed by atoms with Crippen LogP contribution in [0, 0.1) is 0 Å². The second-order valence-corrected chi connectivity index (χ2v) is 27.0. The summed E-state index contributed by atoms with van der Waals surface area (Å²) < 4.78 is 71.6. The number of hydrogen-bond donors (Lipinski definition) is 0. The van der Waals surface area contributed by atoms with Gasteiger partial charge in [-0.15, -0.1) is 0 Å². The molecule has 456 valence electrons. The topological polar surface area (TPSA) is 114 Å². The van der Waals surface area contributed by atoms with E-state index in [1.165, 1.54) is 291 Å². The molecule has 81 heavy (non-hydrogen) atoms. The van der Waals surface area contributed by atoms with E-state index in [1.807, 2.05) is 36.4 Å². The maximum Gasteiger partial charge on any atom is 2.00 e. The molecule has 0 bridgehead atoms. The summed E-state index contributed by atoms with van der Waals surface area (Å²) in [6.07, 6.45) is 62.1. The Morgan fingerprint density at radius 3 is 0.691 bits per heavy atom. The largest absolute Gasteiger partial charge is 2.00 e. The van der Waals surface area contributed by atoms with Gasteiger partial charge in [-0.2, -0.15) is 0 Å². The Morgan fingerprint density at radius 1 is 0.259 bits per heavy atom. The average Bonchev–Trinajstić information content (AvgIpc) is 3.50. The number of rotatable bonds is 50. The molecular weight excluding hydrogens is 1160 g/mol. The van der Waals surface area contributed by atoms with Gasteiger partial charge >= 0.3 is 48.9 Å². The van der Waals surface area contributed by atoms with Crippen molar-refractivity contribution in [3.63, 3.8) is 0 Å². The van der Waals surface area contributed by atoms with Crippen LogP contribution in [0.2, 0.25) is 0 Å². The van der Waals surface area contributed by atoms with Crippen LogP contribution in [0.1, 0.15) is 332 Å². The molecule has 0 atom stereocenters. The summed E-state index contributed by atoms with van der Waals surface area (Å²) in [4.78, 5) is -0.155. The van der Waals surface area contributed by atoms with Crippen LogP contribution in [0.4, 0.5) is 0 Å². The first-order chi connectivity index (χ1) is 38.9. The summed E-state index contributed by atoms with van der Waals surface area (Å²) in [5.74, 6) is 0. The molecule has 0 aliphatic heterocycles. The molecule has 0 spiro atoms. The first-order valence-electron chi connectivity index (χ1n) is 33.9. The maximum absolute atomic E-state index is 11.9. The second-order valence-electron chi connectivity index (χ2n) is 24.3. The van der Waals surface area contributed by atoms with Crippen LogP contribution >= 0.6 is 0 Å². The molecule has 9 heteroatoms. The smallest absolute Gasteiger partial charge is 0.744 e. The van der Waals surface area contributed by atoms with Crippen LogP contribution in [-0.2, 0) is 45.9 Å². The third-order valence-electron chi connectivity index (χ3n) is 17.0. The zero-order valence-corrected chi connectivity index (χ0v) is 58.8. The molecule has 0 aliphatic rings. The Morgan fingerprint density at radius 2 is 0.469 bits per heavy atom. The van der Waals surface area contributed by atoms with Gasteiger partial charge in [-0.05, 0) is 107 Å². The zero-order chi connectivity index (χ0) is 57.8. The van der Waals surface area contributed by atoms with Crippen molar-refractivity contribution in [1.29, 1.82) is 0 Å². The minimum atomic E-state index is -4.49. The third kappa shape index (κ3) is 35.3. The van der Waals surface area contributed by atoms with Crippen molar-refractivity contribution in [2.45, 2.75) is 346 Å². The van der Waals surface area contributed by atoms with E-state index in [4.69, 9.17) is 0 Å². The summed E-state index contributed by atoms with van der Waals surface area (Å²) >= 11 is 0. The van der Waals surface area contributed by atoms with E-state index in [9.17, 15) is 25.9 Å². The van der Waals surface area contributed by atoms with Crippen molar-refractivity contribution < 1.29 is 25.9 Å². The quantitative estimate of drug-likeness (QED) is 0.0247. The van der Waals surface area contributed by atoms with Crippen LogP contribution in [0.15, 0.2) is 70.5 Å². The Hall–Kier alpha value is -1.21. The zero-order valence-electron chi connectivity index (χ0n) is 52.7. The first-order valence-corrected chi connectivity index (χ1v) is 36.8. The summed E-state index contributed by atoms with van der Waals surface area (Å²) in [6.45, 7) is 9.07. The van der Waals surface area contributed by atoms with Crippen molar-refractivity contribution in [1.82, 2.24) is 0 Å². The predicted octanol–water partition coefficient (Wildman–Crippen LogP) is 22.5. The Bertz CT molecular complexity index is 2230. The maximum atomic E-state index is 11.9. The number of fused-ring (bicyclic) bond motifs is 2. The molecule has 0 fully saturated rings. The molecule has 6 nitrogen and oxygen atoms in total. The number of benzene rings is 4. The van der Waals surface area contributed by atoms with Crippen LogP contribution in [0.5, 0.6) is 0 Å². The molecular formula is C72H118BaO6S2. The minimum Gasteiger partial charge on any atom is -0.744 e. The second kappa shape index (κ2) is 48.9. The van der Waals surface area contributed by atoms with Gasteiger partial charge in [0.05, 0.1) is 9.79 Å². The van der Waals surface area contributed by atoms with Gasteiger partial charge in [0.15, 0.2) is 0 Å². The van der Waals surface area contributed by atoms with Crippen molar-refractivity contribution in [3.05, 3.63) is 82.9 Å². The fourth-order valence-corrected chi connectivity index (χ4v) is 13.3. The van der Waals surface area contributed by atoms with Gasteiger partial charge < -0.3 is 9.11 Å². The molecule has 0 amide bonds. The summed E-state index contributed by atoms with van der Waals surface area (Å²) in [7, 11) is -8.99. The van der Waals surface area contributed by atoms with Crippen molar-refractivity contribution in [3.8, 4) is 0 Å². The van der Waals surface area contributed by atoms with Crippen molar-refractivity contribution in [2.75, 3.05) is 0 Å². The van der Waals surface area contributed by atoms with Gasteiger partial charge in [0, 0.05) is 0 Å². The van der Waals surface area contributed by atoms with Crippen LogP contribution in [0.3, 0.4) is 0 Å². The van der Waals surface area contributed by atoms with Gasteiger partial charge in [0.25, 0.3) is 0 Å². The summed E-state index contributed by atoms with van der Waals surface area (Å²) in [5.41, 5.74) is 4.87. The molecule has 0 N–H and O–H groups in total. The molecule has 0 saturated carbocycles. The Balaban J connectivity index is 0.000000547. The number of hydrogen-bond acceptors (Lipinski definition) is 6. The molecule has 4 rings (SSSR count). The van der Waals surface area contributed by atoms with Gasteiger partial charge in [-0.3, -0.25) is 0 Å². The van der Waals surface area contributed by atoms with Gasteiger partial charge in [0.2, 0.25) is 0 Å². The number of unbranched alkanes of at least 4 members (excludes halogenated alkanes) is 40. The predicted molar refractivity (Wildman–Crippen MR) is 350 cm³/mol.